The molecule has 1 amide bonds. The molecule has 0 atom stereocenters. The van der Waals surface area contributed by atoms with Crippen molar-refractivity contribution >= 4 is 16.8 Å². The van der Waals surface area contributed by atoms with E-state index < -0.39 is 0 Å². The molecule has 2 aromatic rings. The molecule has 0 spiro atoms. The second-order valence-corrected chi connectivity index (χ2v) is 4.24. The first-order valence-corrected chi connectivity index (χ1v) is 6.08. The van der Waals surface area contributed by atoms with E-state index in [1.165, 1.54) is 0 Å². The van der Waals surface area contributed by atoms with E-state index in [9.17, 15) is 9.59 Å². The van der Waals surface area contributed by atoms with Crippen molar-refractivity contribution < 1.29 is 4.79 Å². The molecule has 2 N–H and O–H groups in total. The largest absolute Gasteiger partial charge is 0.352 e. The smallest absolute Gasteiger partial charge is 0.253 e. The summed E-state index contributed by atoms with van der Waals surface area (Å²) in [5.74, 6) is -0.0231. The number of hydrogen-bond acceptors (Lipinski definition) is 2. The molecule has 1 aromatic heterocycles. The van der Waals surface area contributed by atoms with Gasteiger partial charge in [-0.05, 0) is 23.9 Å². The summed E-state index contributed by atoms with van der Waals surface area (Å²) in [6.07, 6.45) is 1.30. The van der Waals surface area contributed by atoms with Gasteiger partial charge in [-0.1, -0.05) is 25.1 Å². The third-order valence-electron chi connectivity index (χ3n) is 2.78. The summed E-state index contributed by atoms with van der Waals surface area (Å²) in [7, 11) is 0. The molecule has 0 fully saturated rings. The van der Waals surface area contributed by atoms with E-state index in [1.807, 2.05) is 37.3 Å². The molecule has 94 valence electrons. The molecular weight excluding hydrogens is 228 g/mol. The van der Waals surface area contributed by atoms with E-state index >= 15 is 0 Å². The minimum atomic E-state index is -0.148. The van der Waals surface area contributed by atoms with Crippen molar-refractivity contribution in [3.8, 4) is 0 Å². The zero-order valence-electron chi connectivity index (χ0n) is 10.3. The van der Waals surface area contributed by atoms with Crippen molar-refractivity contribution in [3.63, 3.8) is 0 Å². The molecule has 0 saturated heterocycles. The number of hydrogen-bond donors (Lipinski definition) is 2. The fraction of sp³-hybridized carbons (Fsp3) is 0.286. The topological polar surface area (TPSA) is 62.0 Å². The van der Waals surface area contributed by atoms with Crippen LogP contribution in [0.3, 0.4) is 0 Å². The maximum absolute atomic E-state index is 11.8. The highest BCUT2D eigenvalue weighted by Crippen LogP contribution is 2.09. The van der Waals surface area contributed by atoms with Gasteiger partial charge in [0.2, 0.25) is 5.91 Å². The number of rotatable bonds is 4. The third-order valence-corrected chi connectivity index (χ3v) is 2.78. The fourth-order valence-electron chi connectivity index (χ4n) is 1.83. The number of aromatic nitrogens is 1. The summed E-state index contributed by atoms with van der Waals surface area (Å²) in [4.78, 5) is 26.0. The summed E-state index contributed by atoms with van der Waals surface area (Å²) in [6, 6.07) is 9.40. The van der Waals surface area contributed by atoms with Gasteiger partial charge in [0.15, 0.2) is 0 Å². The van der Waals surface area contributed by atoms with E-state index in [-0.39, 0.29) is 18.0 Å². The van der Waals surface area contributed by atoms with E-state index in [2.05, 4.69) is 10.3 Å². The molecule has 1 aromatic carbocycles. The number of amides is 1. The molecule has 0 aliphatic heterocycles. The lowest BCUT2D eigenvalue weighted by molar-refractivity contribution is -0.121. The van der Waals surface area contributed by atoms with Gasteiger partial charge >= 0.3 is 0 Å². The highest BCUT2D eigenvalue weighted by atomic mass is 16.1. The van der Waals surface area contributed by atoms with Crippen LogP contribution in [0.1, 0.15) is 25.3 Å². The van der Waals surface area contributed by atoms with Crippen LogP contribution >= 0.6 is 0 Å². The molecule has 0 bridgehead atoms. The van der Waals surface area contributed by atoms with Crippen LogP contribution in [0, 0.1) is 0 Å². The Balaban J connectivity index is 2.20. The first-order valence-electron chi connectivity index (χ1n) is 6.08. The molecule has 0 saturated carbocycles. The number of benzene rings is 1. The maximum Gasteiger partial charge on any atom is 0.253 e. The maximum atomic E-state index is 11.8. The molecule has 1 heterocycles. The van der Waals surface area contributed by atoms with Gasteiger partial charge in [0.1, 0.15) is 0 Å². The van der Waals surface area contributed by atoms with Crippen LogP contribution in [0.5, 0.6) is 0 Å². The predicted molar refractivity (Wildman–Crippen MR) is 71.3 cm³/mol. The molecular formula is C14H16N2O2. The number of carbonyl (C=O) groups is 1. The van der Waals surface area contributed by atoms with Crippen LogP contribution in [-0.2, 0) is 11.3 Å². The lowest BCUT2D eigenvalue weighted by Crippen LogP contribution is -2.26. The Morgan fingerprint density at radius 1 is 1.33 bits per heavy atom. The first kappa shape index (κ1) is 12.4. The molecule has 2 rings (SSSR count). The molecule has 4 nitrogen and oxygen atoms in total. The number of para-hydroxylation sites is 1. The molecule has 4 heteroatoms. The van der Waals surface area contributed by atoms with Gasteiger partial charge in [-0.25, -0.2) is 0 Å². The standard InChI is InChI=1S/C14H16N2O2/c1-2-5-13(17)15-9-11-8-10-6-3-4-7-12(10)16-14(11)18/h3-4,6-8H,2,5,9H2,1H3,(H,15,17)(H,16,18). The van der Waals surface area contributed by atoms with Crippen LogP contribution in [0.25, 0.3) is 10.9 Å². The van der Waals surface area contributed by atoms with E-state index in [1.54, 1.807) is 0 Å². The minimum absolute atomic E-state index is 0.0231. The zero-order valence-corrected chi connectivity index (χ0v) is 10.3. The number of aromatic amines is 1. The van der Waals surface area contributed by atoms with Crippen molar-refractivity contribution in [2.75, 3.05) is 0 Å². The Labute approximate surface area is 105 Å². The Kier molecular flexibility index (Phi) is 3.77. The van der Waals surface area contributed by atoms with E-state index in [0.29, 0.717) is 12.0 Å². The highest BCUT2D eigenvalue weighted by Gasteiger charge is 2.04. The average molecular weight is 244 g/mol. The number of pyridine rings is 1. The Bertz CT molecular complexity index is 616. The molecule has 0 aliphatic rings. The Hall–Kier alpha value is -2.10. The number of carbonyl (C=O) groups excluding carboxylic acids is 1. The van der Waals surface area contributed by atoms with Crippen LogP contribution in [0.4, 0.5) is 0 Å². The van der Waals surface area contributed by atoms with Crippen molar-refractivity contribution in [3.05, 3.63) is 46.2 Å². The summed E-state index contributed by atoms with van der Waals surface area (Å²) in [5, 5.41) is 3.72. The van der Waals surface area contributed by atoms with Crippen LogP contribution in [0.2, 0.25) is 0 Å². The summed E-state index contributed by atoms with van der Waals surface area (Å²) < 4.78 is 0. The van der Waals surface area contributed by atoms with Gasteiger partial charge in [0.25, 0.3) is 5.56 Å². The normalized spacial score (nSPS) is 10.5. The summed E-state index contributed by atoms with van der Waals surface area (Å²) >= 11 is 0. The van der Waals surface area contributed by atoms with Gasteiger partial charge in [-0.2, -0.15) is 0 Å². The van der Waals surface area contributed by atoms with E-state index in [4.69, 9.17) is 0 Å². The predicted octanol–water partition coefficient (Wildman–Crippen LogP) is 1.94. The quantitative estimate of drug-likeness (QED) is 0.863. The van der Waals surface area contributed by atoms with Gasteiger partial charge in [-0.15, -0.1) is 0 Å². The van der Waals surface area contributed by atoms with Gasteiger partial charge < -0.3 is 10.3 Å². The number of nitrogens with one attached hydrogen (secondary N) is 2. The highest BCUT2D eigenvalue weighted by molar-refractivity contribution is 5.79. The van der Waals surface area contributed by atoms with Gasteiger partial charge in [0, 0.05) is 24.0 Å². The second-order valence-electron chi connectivity index (χ2n) is 4.24. The van der Waals surface area contributed by atoms with Gasteiger partial charge in [0.05, 0.1) is 0 Å². The molecule has 0 aliphatic carbocycles. The summed E-state index contributed by atoms with van der Waals surface area (Å²) in [5.41, 5.74) is 1.25. The molecule has 0 unspecified atom stereocenters. The van der Waals surface area contributed by atoms with Crippen LogP contribution in [0.15, 0.2) is 35.1 Å². The van der Waals surface area contributed by atoms with Crippen LogP contribution in [-0.4, -0.2) is 10.9 Å². The van der Waals surface area contributed by atoms with Crippen molar-refractivity contribution in [1.29, 1.82) is 0 Å². The molecule has 18 heavy (non-hydrogen) atoms. The summed E-state index contributed by atoms with van der Waals surface area (Å²) in [6.45, 7) is 2.22. The van der Waals surface area contributed by atoms with Crippen molar-refractivity contribution in [2.24, 2.45) is 0 Å². The van der Waals surface area contributed by atoms with Gasteiger partial charge in [-0.3, -0.25) is 9.59 Å². The SMILES string of the molecule is CCCC(=O)NCc1cc2ccccc2[nH]c1=O. The zero-order chi connectivity index (χ0) is 13.0. The molecule has 0 radical (unpaired) electrons. The van der Waals surface area contributed by atoms with E-state index in [0.717, 1.165) is 17.3 Å². The number of fused-ring (bicyclic) bond motifs is 1. The number of H-pyrrole nitrogens is 1. The Morgan fingerprint density at radius 3 is 2.89 bits per heavy atom. The minimum Gasteiger partial charge on any atom is -0.352 e. The third kappa shape index (κ3) is 2.77. The average Bonchev–Trinajstić information content (AvgIpc) is 2.36. The monoisotopic (exact) mass is 244 g/mol. The lowest BCUT2D eigenvalue weighted by atomic mass is 10.1. The van der Waals surface area contributed by atoms with Crippen molar-refractivity contribution in [2.45, 2.75) is 26.3 Å². The second kappa shape index (κ2) is 5.49. The Morgan fingerprint density at radius 2 is 2.11 bits per heavy atom. The lowest BCUT2D eigenvalue weighted by Gasteiger charge is -2.05. The van der Waals surface area contributed by atoms with Crippen LogP contribution < -0.4 is 10.9 Å². The van der Waals surface area contributed by atoms with Crippen molar-refractivity contribution in [1.82, 2.24) is 10.3 Å². The fourth-order valence-corrected chi connectivity index (χ4v) is 1.83. The first-order chi connectivity index (χ1) is 8.70.